The average molecular weight is 273 g/mol. The second kappa shape index (κ2) is 6.19. The average Bonchev–Trinajstić information content (AvgIpc) is 2.41. The molecule has 0 saturated carbocycles. The van der Waals surface area contributed by atoms with E-state index in [9.17, 15) is 9.18 Å². The third-order valence-corrected chi connectivity index (χ3v) is 2.80. The van der Waals surface area contributed by atoms with Gasteiger partial charge in [0.2, 0.25) is 0 Å². The van der Waals surface area contributed by atoms with E-state index >= 15 is 0 Å². The van der Waals surface area contributed by atoms with Crippen molar-refractivity contribution in [3.63, 3.8) is 0 Å². The van der Waals surface area contributed by atoms with Crippen LogP contribution in [-0.4, -0.2) is 12.5 Å². The molecule has 2 aromatic carbocycles. The molecule has 0 aliphatic carbocycles. The number of aryl methyl sites for hydroxylation is 1. The molecule has 0 heterocycles. The smallest absolute Gasteiger partial charge is 0.258 e. The van der Waals surface area contributed by atoms with Gasteiger partial charge in [-0.25, -0.2) is 4.39 Å². The van der Waals surface area contributed by atoms with Crippen molar-refractivity contribution < 1.29 is 13.9 Å². The van der Waals surface area contributed by atoms with Crippen molar-refractivity contribution in [2.24, 2.45) is 0 Å². The van der Waals surface area contributed by atoms with Gasteiger partial charge in [-0.1, -0.05) is 18.2 Å². The first-order valence-electron chi connectivity index (χ1n) is 6.41. The van der Waals surface area contributed by atoms with Crippen LogP contribution in [0.5, 0.6) is 5.75 Å². The molecule has 0 aliphatic rings. The van der Waals surface area contributed by atoms with Crippen LogP contribution in [0.4, 0.5) is 10.1 Å². The number of hydrogen-bond acceptors (Lipinski definition) is 2. The van der Waals surface area contributed by atoms with Crippen molar-refractivity contribution in [2.75, 3.05) is 11.9 Å². The Bertz CT molecular complexity index is 626. The van der Waals surface area contributed by atoms with Crippen LogP contribution < -0.4 is 10.1 Å². The minimum Gasteiger partial charge on any atom is -0.492 e. The Hall–Kier alpha value is -2.36. The van der Waals surface area contributed by atoms with E-state index < -0.39 is 11.7 Å². The predicted octanol–water partition coefficient (Wildman–Crippen LogP) is 3.79. The molecular formula is C16H16FNO2. The highest BCUT2D eigenvalue weighted by atomic mass is 19.1. The Morgan fingerprint density at radius 2 is 2.00 bits per heavy atom. The molecule has 0 spiro atoms. The zero-order valence-electron chi connectivity index (χ0n) is 11.4. The van der Waals surface area contributed by atoms with Crippen molar-refractivity contribution in [3.8, 4) is 5.75 Å². The molecule has 0 aliphatic heterocycles. The molecule has 4 heteroatoms. The Kier molecular flexibility index (Phi) is 4.35. The van der Waals surface area contributed by atoms with Gasteiger partial charge in [-0.3, -0.25) is 4.79 Å². The fraction of sp³-hybridized carbons (Fsp3) is 0.188. The largest absolute Gasteiger partial charge is 0.492 e. The molecule has 0 fully saturated rings. The summed E-state index contributed by atoms with van der Waals surface area (Å²) < 4.78 is 19.2. The van der Waals surface area contributed by atoms with E-state index in [-0.39, 0.29) is 5.56 Å². The quantitative estimate of drug-likeness (QED) is 0.920. The molecule has 3 nitrogen and oxygen atoms in total. The summed E-state index contributed by atoms with van der Waals surface area (Å²) in [5.41, 5.74) is 1.31. The van der Waals surface area contributed by atoms with Gasteiger partial charge in [0.05, 0.1) is 17.9 Å². The summed E-state index contributed by atoms with van der Waals surface area (Å²) >= 11 is 0. The number of amides is 1. The van der Waals surface area contributed by atoms with Gasteiger partial charge < -0.3 is 10.1 Å². The number of carbonyl (C=O) groups excluding carboxylic acids is 1. The first-order valence-corrected chi connectivity index (χ1v) is 6.41. The minimum absolute atomic E-state index is 0.0156. The third kappa shape index (κ3) is 3.15. The standard InChI is InChI=1S/C16H16FNO2/c1-3-20-15-7-5-4-6-14(15)18-16(19)12-9-8-11(2)10-13(12)17/h4-10H,3H2,1-2H3,(H,18,19). The second-order valence-corrected chi connectivity index (χ2v) is 4.37. The maximum Gasteiger partial charge on any atom is 0.258 e. The number of benzene rings is 2. The number of ether oxygens (including phenoxy) is 1. The van der Waals surface area contributed by atoms with Gasteiger partial charge >= 0.3 is 0 Å². The van der Waals surface area contributed by atoms with Gasteiger partial charge in [-0.2, -0.15) is 0 Å². The lowest BCUT2D eigenvalue weighted by molar-refractivity contribution is 0.102. The molecule has 2 rings (SSSR count). The Morgan fingerprint density at radius 3 is 2.70 bits per heavy atom. The van der Waals surface area contributed by atoms with Crippen LogP contribution >= 0.6 is 0 Å². The van der Waals surface area contributed by atoms with Crippen molar-refractivity contribution >= 4 is 11.6 Å². The number of anilines is 1. The number of nitrogens with one attached hydrogen (secondary N) is 1. The highest BCUT2D eigenvalue weighted by Crippen LogP contribution is 2.24. The molecular weight excluding hydrogens is 257 g/mol. The van der Waals surface area contributed by atoms with Gasteiger partial charge in [0, 0.05) is 0 Å². The fourth-order valence-corrected chi connectivity index (χ4v) is 1.85. The normalized spacial score (nSPS) is 10.2. The van der Waals surface area contributed by atoms with Crippen molar-refractivity contribution in [1.82, 2.24) is 0 Å². The molecule has 0 unspecified atom stereocenters. The first kappa shape index (κ1) is 14.1. The van der Waals surface area contributed by atoms with Crippen LogP contribution in [0, 0.1) is 12.7 Å². The molecule has 2 aromatic rings. The molecule has 20 heavy (non-hydrogen) atoms. The summed E-state index contributed by atoms with van der Waals surface area (Å²) in [4.78, 5) is 12.1. The second-order valence-electron chi connectivity index (χ2n) is 4.37. The maximum absolute atomic E-state index is 13.8. The van der Waals surface area contributed by atoms with Crippen LogP contribution in [0.15, 0.2) is 42.5 Å². The van der Waals surface area contributed by atoms with E-state index in [1.165, 1.54) is 12.1 Å². The Labute approximate surface area is 117 Å². The molecule has 0 radical (unpaired) electrons. The molecule has 0 aromatic heterocycles. The van der Waals surface area contributed by atoms with E-state index in [1.807, 2.05) is 13.0 Å². The van der Waals surface area contributed by atoms with Crippen molar-refractivity contribution in [1.29, 1.82) is 0 Å². The molecule has 1 amide bonds. The number of para-hydroxylation sites is 2. The maximum atomic E-state index is 13.8. The lowest BCUT2D eigenvalue weighted by atomic mass is 10.1. The third-order valence-electron chi connectivity index (χ3n) is 2.80. The monoisotopic (exact) mass is 273 g/mol. The lowest BCUT2D eigenvalue weighted by Crippen LogP contribution is -2.14. The molecule has 1 N–H and O–H groups in total. The van der Waals surface area contributed by atoms with E-state index in [2.05, 4.69) is 5.32 Å². The zero-order valence-corrected chi connectivity index (χ0v) is 11.4. The fourth-order valence-electron chi connectivity index (χ4n) is 1.85. The number of rotatable bonds is 4. The number of carbonyl (C=O) groups is 1. The van der Waals surface area contributed by atoms with Crippen LogP contribution in [-0.2, 0) is 0 Å². The predicted molar refractivity (Wildman–Crippen MR) is 76.7 cm³/mol. The van der Waals surface area contributed by atoms with Gasteiger partial charge in [-0.05, 0) is 43.7 Å². The van der Waals surface area contributed by atoms with Crippen LogP contribution in [0.1, 0.15) is 22.8 Å². The lowest BCUT2D eigenvalue weighted by Gasteiger charge is -2.11. The Balaban J connectivity index is 2.23. The number of hydrogen-bond donors (Lipinski definition) is 1. The summed E-state index contributed by atoms with van der Waals surface area (Å²) in [6.45, 7) is 4.12. The van der Waals surface area contributed by atoms with Gasteiger partial charge in [0.25, 0.3) is 5.91 Å². The zero-order chi connectivity index (χ0) is 14.5. The summed E-state index contributed by atoms with van der Waals surface area (Å²) in [6, 6.07) is 11.6. The molecule has 104 valence electrons. The first-order chi connectivity index (χ1) is 9.61. The van der Waals surface area contributed by atoms with E-state index in [4.69, 9.17) is 4.74 Å². The van der Waals surface area contributed by atoms with Gasteiger partial charge in [0.15, 0.2) is 0 Å². The summed E-state index contributed by atoms with van der Waals surface area (Å²) in [7, 11) is 0. The number of halogens is 1. The highest BCUT2D eigenvalue weighted by molar-refractivity contribution is 6.05. The minimum atomic E-state index is -0.531. The van der Waals surface area contributed by atoms with E-state index in [1.54, 1.807) is 31.2 Å². The van der Waals surface area contributed by atoms with Crippen molar-refractivity contribution in [3.05, 3.63) is 59.4 Å². The van der Waals surface area contributed by atoms with Gasteiger partial charge in [-0.15, -0.1) is 0 Å². The Morgan fingerprint density at radius 1 is 1.25 bits per heavy atom. The molecule has 0 bridgehead atoms. The summed E-state index contributed by atoms with van der Waals surface area (Å²) in [5, 5.41) is 2.67. The topological polar surface area (TPSA) is 38.3 Å². The summed E-state index contributed by atoms with van der Waals surface area (Å²) in [6.07, 6.45) is 0. The van der Waals surface area contributed by atoms with E-state index in [0.717, 1.165) is 5.56 Å². The van der Waals surface area contributed by atoms with Crippen LogP contribution in [0.25, 0.3) is 0 Å². The van der Waals surface area contributed by atoms with Crippen molar-refractivity contribution in [2.45, 2.75) is 13.8 Å². The summed E-state index contributed by atoms with van der Waals surface area (Å²) in [5.74, 6) is -0.457. The van der Waals surface area contributed by atoms with Gasteiger partial charge in [0.1, 0.15) is 11.6 Å². The van der Waals surface area contributed by atoms with Crippen LogP contribution in [0.3, 0.4) is 0 Å². The molecule has 0 atom stereocenters. The highest BCUT2D eigenvalue weighted by Gasteiger charge is 2.13. The van der Waals surface area contributed by atoms with E-state index in [0.29, 0.717) is 18.0 Å². The van der Waals surface area contributed by atoms with Crippen LogP contribution in [0.2, 0.25) is 0 Å². The molecule has 0 saturated heterocycles. The SMILES string of the molecule is CCOc1ccccc1NC(=O)c1ccc(C)cc1F.